The van der Waals surface area contributed by atoms with Crippen LogP contribution in [0.1, 0.15) is 5.56 Å². The topological polar surface area (TPSA) is 83.4 Å². The monoisotopic (exact) mass is 267 g/mol. The van der Waals surface area contributed by atoms with E-state index in [2.05, 4.69) is 20.2 Å². The van der Waals surface area contributed by atoms with E-state index in [1.165, 1.54) is 6.20 Å². The summed E-state index contributed by atoms with van der Waals surface area (Å²) in [5, 5.41) is 6.74. The van der Waals surface area contributed by atoms with E-state index in [-0.39, 0.29) is 0 Å². The van der Waals surface area contributed by atoms with E-state index < -0.39 is 11.7 Å². The first-order valence-corrected chi connectivity index (χ1v) is 5.30. The molecule has 19 heavy (non-hydrogen) atoms. The molecule has 0 atom stereocenters. The maximum Gasteiger partial charge on any atom is 0.417 e. The van der Waals surface area contributed by atoms with E-state index >= 15 is 0 Å². The summed E-state index contributed by atoms with van der Waals surface area (Å²) in [6, 6.07) is 1.04. The zero-order valence-electron chi connectivity index (χ0n) is 9.42. The average Bonchev–Trinajstić information content (AvgIpc) is 2.92. The highest BCUT2D eigenvalue weighted by Crippen LogP contribution is 2.34. The zero-order valence-corrected chi connectivity index (χ0v) is 9.42. The number of nitrogen functional groups attached to an aromatic ring is 1. The van der Waals surface area contributed by atoms with Crippen LogP contribution in [0.25, 0.3) is 22.3 Å². The number of nitrogens with zero attached hydrogens (tertiary/aromatic N) is 2. The molecular formula is C11H8F3N5. The third kappa shape index (κ3) is 1.81. The fourth-order valence-electron chi connectivity index (χ4n) is 1.88. The fraction of sp³-hybridized carbons (Fsp3) is 0.0909. The van der Waals surface area contributed by atoms with E-state index in [9.17, 15) is 13.2 Å². The Morgan fingerprint density at radius 3 is 2.63 bits per heavy atom. The molecule has 0 radical (unpaired) electrons. The molecule has 0 aliphatic carbocycles. The van der Waals surface area contributed by atoms with E-state index in [1.54, 1.807) is 6.20 Å². The number of aromatic nitrogens is 4. The first-order valence-electron chi connectivity index (χ1n) is 5.30. The molecule has 0 unspecified atom stereocenters. The summed E-state index contributed by atoms with van der Waals surface area (Å²) in [7, 11) is 0. The third-order valence-electron chi connectivity index (χ3n) is 2.80. The van der Waals surface area contributed by atoms with Crippen LogP contribution in [0.2, 0.25) is 0 Å². The highest BCUT2D eigenvalue weighted by atomic mass is 19.4. The minimum Gasteiger partial charge on any atom is -0.396 e. The van der Waals surface area contributed by atoms with Crippen molar-refractivity contribution in [2.75, 3.05) is 5.73 Å². The summed E-state index contributed by atoms with van der Waals surface area (Å²) in [6.07, 6.45) is -0.703. The first kappa shape index (κ1) is 11.6. The molecule has 0 saturated heterocycles. The summed E-state index contributed by atoms with van der Waals surface area (Å²) in [5.74, 6) is 0. The molecule has 0 fully saturated rings. The van der Waals surface area contributed by atoms with Gasteiger partial charge in [-0.3, -0.25) is 5.10 Å². The number of hydrogen-bond acceptors (Lipinski definition) is 3. The van der Waals surface area contributed by atoms with Crippen LogP contribution in [0.3, 0.4) is 0 Å². The molecule has 3 aromatic rings. The molecule has 0 bridgehead atoms. The second kappa shape index (κ2) is 3.74. The Balaban J connectivity index is 2.25. The molecule has 0 amide bonds. The van der Waals surface area contributed by atoms with Gasteiger partial charge in [-0.15, -0.1) is 0 Å². The Morgan fingerprint density at radius 1 is 1.21 bits per heavy atom. The number of nitrogens with one attached hydrogen (secondary N) is 2. The predicted molar refractivity (Wildman–Crippen MR) is 63.1 cm³/mol. The van der Waals surface area contributed by atoms with Crippen molar-refractivity contribution in [1.82, 2.24) is 20.2 Å². The Morgan fingerprint density at radius 2 is 2.00 bits per heavy atom. The van der Waals surface area contributed by atoms with Crippen molar-refractivity contribution in [1.29, 1.82) is 0 Å². The van der Waals surface area contributed by atoms with Crippen LogP contribution in [-0.4, -0.2) is 20.2 Å². The van der Waals surface area contributed by atoms with Crippen LogP contribution in [0.15, 0.2) is 24.7 Å². The van der Waals surface area contributed by atoms with Gasteiger partial charge in [-0.25, -0.2) is 4.98 Å². The van der Waals surface area contributed by atoms with E-state index in [0.717, 1.165) is 12.3 Å². The highest BCUT2D eigenvalue weighted by Gasteiger charge is 2.31. The van der Waals surface area contributed by atoms with Crippen molar-refractivity contribution in [2.24, 2.45) is 0 Å². The molecule has 0 aliphatic heterocycles. The molecular weight excluding hydrogens is 259 g/mol. The molecule has 5 nitrogen and oxygen atoms in total. The molecule has 4 N–H and O–H groups in total. The fourth-order valence-corrected chi connectivity index (χ4v) is 1.88. The molecule has 98 valence electrons. The molecule has 3 heterocycles. The number of nitrogens with two attached hydrogens (primary N) is 1. The Hall–Kier alpha value is -2.51. The number of anilines is 1. The number of aromatic amines is 2. The van der Waals surface area contributed by atoms with Gasteiger partial charge in [0, 0.05) is 23.3 Å². The lowest BCUT2D eigenvalue weighted by atomic mass is 10.1. The first-order chi connectivity index (χ1) is 8.97. The zero-order chi connectivity index (χ0) is 13.6. The van der Waals surface area contributed by atoms with Crippen LogP contribution in [-0.2, 0) is 6.18 Å². The number of H-pyrrole nitrogens is 2. The van der Waals surface area contributed by atoms with Gasteiger partial charge in [-0.1, -0.05) is 0 Å². The van der Waals surface area contributed by atoms with Gasteiger partial charge in [0.15, 0.2) is 0 Å². The number of pyridine rings is 1. The predicted octanol–water partition coefficient (Wildman–Crippen LogP) is 2.55. The van der Waals surface area contributed by atoms with Gasteiger partial charge in [-0.2, -0.15) is 18.3 Å². The van der Waals surface area contributed by atoms with Gasteiger partial charge in [0.05, 0.1) is 23.1 Å². The quantitative estimate of drug-likeness (QED) is 0.633. The minimum atomic E-state index is -4.44. The maximum atomic E-state index is 12.7. The Bertz CT molecular complexity index is 740. The number of alkyl halides is 3. The molecule has 0 aliphatic rings. The average molecular weight is 267 g/mol. The summed E-state index contributed by atoms with van der Waals surface area (Å²) in [6.45, 7) is 0. The van der Waals surface area contributed by atoms with Crippen molar-refractivity contribution in [2.45, 2.75) is 6.18 Å². The van der Waals surface area contributed by atoms with Crippen molar-refractivity contribution < 1.29 is 13.2 Å². The van der Waals surface area contributed by atoms with Crippen LogP contribution >= 0.6 is 0 Å². The molecule has 3 rings (SSSR count). The van der Waals surface area contributed by atoms with E-state index in [1.807, 2.05) is 0 Å². The normalized spacial score (nSPS) is 12.2. The highest BCUT2D eigenvalue weighted by molar-refractivity contribution is 5.95. The smallest absolute Gasteiger partial charge is 0.396 e. The van der Waals surface area contributed by atoms with Gasteiger partial charge in [0.25, 0.3) is 0 Å². The molecule has 0 spiro atoms. The second-order valence-electron chi connectivity index (χ2n) is 4.02. The molecule has 0 saturated carbocycles. The van der Waals surface area contributed by atoms with Crippen LogP contribution in [0.4, 0.5) is 18.9 Å². The molecule has 0 aromatic carbocycles. The van der Waals surface area contributed by atoms with Gasteiger partial charge in [0.1, 0.15) is 5.65 Å². The van der Waals surface area contributed by atoms with Gasteiger partial charge in [0.2, 0.25) is 0 Å². The van der Waals surface area contributed by atoms with E-state index in [4.69, 9.17) is 5.73 Å². The van der Waals surface area contributed by atoms with Gasteiger partial charge in [-0.05, 0) is 6.07 Å². The summed E-state index contributed by atoms with van der Waals surface area (Å²) in [5.41, 5.74) is 6.58. The van der Waals surface area contributed by atoms with Crippen molar-refractivity contribution >= 4 is 16.7 Å². The van der Waals surface area contributed by atoms with E-state index in [0.29, 0.717) is 28.0 Å². The van der Waals surface area contributed by atoms with Crippen LogP contribution in [0, 0.1) is 0 Å². The largest absolute Gasteiger partial charge is 0.417 e. The van der Waals surface area contributed by atoms with Gasteiger partial charge >= 0.3 is 6.18 Å². The molecule has 3 aromatic heterocycles. The standard InChI is InChI=1S/C11H8F3N5/c12-11(13,14)5-1-6-7(3-17-10(6)16-2-5)9-8(15)4-18-19-9/h1-4H,15H2,(H,16,17)(H,18,19). The Kier molecular flexibility index (Phi) is 2.28. The molecule has 8 heteroatoms. The SMILES string of the molecule is Nc1cn[nH]c1-c1c[nH]c2ncc(C(F)(F)F)cc12. The minimum absolute atomic E-state index is 0.339. The summed E-state index contributed by atoms with van der Waals surface area (Å²) in [4.78, 5) is 6.56. The lowest BCUT2D eigenvalue weighted by Crippen LogP contribution is -2.05. The lowest BCUT2D eigenvalue weighted by Gasteiger charge is -2.06. The number of halogens is 3. The second-order valence-corrected chi connectivity index (χ2v) is 4.02. The number of fused-ring (bicyclic) bond motifs is 1. The lowest BCUT2D eigenvalue weighted by molar-refractivity contribution is -0.137. The maximum absolute atomic E-state index is 12.7. The van der Waals surface area contributed by atoms with Crippen molar-refractivity contribution in [3.8, 4) is 11.3 Å². The number of rotatable bonds is 1. The van der Waals surface area contributed by atoms with Crippen molar-refractivity contribution in [3.05, 3.63) is 30.2 Å². The summed E-state index contributed by atoms with van der Waals surface area (Å²) < 4.78 is 38.0. The van der Waals surface area contributed by atoms with Gasteiger partial charge < -0.3 is 10.7 Å². The van der Waals surface area contributed by atoms with Crippen LogP contribution < -0.4 is 5.73 Å². The summed E-state index contributed by atoms with van der Waals surface area (Å²) >= 11 is 0. The number of hydrogen-bond donors (Lipinski definition) is 3. The Labute approximate surface area is 104 Å². The van der Waals surface area contributed by atoms with Crippen LogP contribution in [0.5, 0.6) is 0 Å². The van der Waals surface area contributed by atoms with Crippen molar-refractivity contribution in [3.63, 3.8) is 0 Å². The third-order valence-corrected chi connectivity index (χ3v) is 2.80.